The van der Waals surface area contributed by atoms with Gasteiger partial charge >= 0.3 is 35.8 Å². The second-order valence-corrected chi connectivity index (χ2v) is 24.2. The fourth-order valence-corrected chi connectivity index (χ4v) is 10.4. The first-order chi connectivity index (χ1) is 45.0. The van der Waals surface area contributed by atoms with Crippen molar-refractivity contribution in [1.29, 1.82) is 5.26 Å². The predicted octanol–water partition coefficient (Wildman–Crippen LogP) is 4.63. The summed E-state index contributed by atoms with van der Waals surface area (Å²) >= 11 is 0. The van der Waals surface area contributed by atoms with Gasteiger partial charge in [0.05, 0.1) is 98.0 Å². The van der Waals surface area contributed by atoms with Crippen LogP contribution in [-0.2, 0) is 99.8 Å². The average molecular weight is 1330 g/mol. The molecule has 0 radical (unpaired) electrons. The van der Waals surface area contributed by atoms with E-state index < -0.39 is 52.1 Å². The van der Waals surface area contributed by atoms with Crippen LogP contribution in [0, 0.1) is 40.7 Å². The van der Waals surface area contributed by atoms with Crippen molar-refractivity contribution in [3.05, 3.63) is 90.3 Å². The van der Waals surface area contributed by atoms with E-state index in [1.54, 1.807) is 0 Å². The maximum atomic E-state index is 13.5. The van der Waals surface area contributed by atoms with Crippen molar-refractivity contribution in [3.63, 3.8) is 0 Å². The largest absolute Gasteiger partial charge is 0.459 e. The first kappa shape index (κ1) is 81.0. The lowest BCUT2D eigenvalue weighted by Crippen LogP contribution is -2.36. The molecule has 3 N–H and O–H groups in total. The van der Waals surface area contributed by atoms with E-state index in [4.69, 9.17) is 84.2 Å². The van der Waals surface area contributed by atoms with Crippen LogP contribution in [0.4, 0.5) is 0 Å². The number of rotatable bonds is 45. The molecule has 3 aliphatic carbocycles. The molecule has 0 heterocycles. The molecule has 524 valence electrons. The number of carbonyl (C=O) groups is 6. The molecule has 0 unspecified atom stereocenters. The number of ether oxygens (including phenoxy) is 15. The Morgan fingerprint density at radius 2 is 0.649 bits per heavy atom. The summed E-state index contributed by atoms with van der Waals surface area (Å²) in [5.74, 6) is -5.56. The Bertz CT molecular complexity index is 2480. The molecule has 0 aromatic rings. The normalized spacial score (nSPS) is 15.7. The molecule has 0 aromatic heterocycles. The highest BCUT2D eigenvalue weighted by Gasteiger charge is 2.41. The second-order valence-electron chi connectivity index (χ2n) is 24.2. The Kier molecular flexibility index (Phi) is 37.6. The minimum atomic E-state index is -0.931. The number of allylic oxidation sites excluding steroid dienone is 7. The Hall–Kier alpha value is -7.27. The van der Waals surface area contributed by atoms with Gasteiger partial charge in [0.1, 0.15) is 62.4 Å². The Balaban J connectivity index is 1.84. The molecule has 0 aliphatic heterocycles. The standard InChI is InChI=1S/C66H99N7O21/c1-64(2)39-46(53(58(74)89-33-27-80-9)59(75)90-34-28-81-10)49(45-67)50(42-64)70-15-21-86-24-18-73(19-25-87-22-16-71-51-43-65(3,4)40-47(56(51)68-7)54(60(76)91-35-29-82-11)61(77)92-36-30-83-12)20-26-88-23-17-72-52-44-66(5,6)41-48(57(52)69-8)55(62(78)93-37-31-84-13)63(79)94-38-32-85-14/h70-72H,15-44H2,1-6,9-14H3. The third-order valence-corrected chi connectivity index (χ3v) is 14.7. The van der Waals surface area contributed by atoms with E-state index in [0.717, 1.165) is 0 Å². The lowest BCUT2D eigenvalue weighted by molar-refractivity contribution is -0.150. The van der Waals surface area contributed by atoms with Crippen molar-refractivity contribution in [2.75, 3.05) is 201 Å². The van der Waals surface area contributed by atoms with E-state index in [2.05, 4.69) is 36.6 Å². The van der Waals surface area contributed by atoms with E-state index in [1.807, 2.05) is 41.5 Å². The molecule has 0 spiro atoms. The fraction of sp³-hybridized carbons (Fsp3) is 0.682. The average Bonchev–Trinajstić information content (AvgIpc) is 0.800. The highest BCUT2D eigenvalue weighted by molar-refractivity contribution is 6.17. The van der Waals surface area contributed by atoms with Crippen LogP contribution in [0.25, 0.3) is 9.69 Å². The molecule has 0 amide bonds. The Morgan fingerprint density at radius 1 is 0.394 bits per heavy atom. The molecule has 0 saturated carbocycles. The van der Waals surface area contributed by atoms with Gasteiger partial charge in [0.2, 0.25) is 11.4 Å². The molecule has 0 aromatic carbocycles. The van der Waals surface area contributed by atoms with E-state index >= 15 is 0 Å². The van der Waals surface area contributed by atoms with Crippen molar-refractivity contribution >= 4 is 35.8 Å². The summed E-state index contributed by atoms with van der Waals surface area (Å²) in [5, 5.41) is 20.5. The van der Waals surface area contributed by atoms with Crippen LogP contribution < -0.4 is 16.0 Å². The zero-order chi connectivity index (χ0) is 69.5. The van der Waals surface area contributed by atoms with Crippen LogP contribution >= 0.6 is 0 Å². The van der Waals surface area contributed by atoms with Crippen molar-refractivity contribution in [2.24, 2.45) is 16.2 Å². The van der Waals surface area contributed by atoms with E-state index in [0.29, 0.717) is 56.0 Å². The maximum Gasteiger partial charge on any atom is 0.345 e. The monoisotopic (exact) mass is 1330 g/mol. The summed E-state index contributed by atoms with van der Waals surface area (Å²) in [5.41, 5.74) is 0.110. The lowest BCUT2D eigenvalue weighted by Gasteiger charge is -2.34. The van der Waals surface area contributed by atoms with E-state index in [1.165, 1.54) is 42.7 Å². The molecular weight excluding hydrogens is 1230 g/mol. The van der Waals surface area contributed by atoms with Gasteiger partial charge in [-0.25, -0.2) is 38.5 Å². The van der Waals surface area contributed by atoms with Crippen LogP contribution in [0.2, 0.25) is 0 Å². The SMILES string of the molecule is [C-]#[N+]C1=C(NCCOCCN(CCOCCNC2=C(C#N)C(=C(C(=O)OCCOC)C(=O)OCCOC)CC(C)(C)C2)CCOCCNC2=C([N+]#[C-])C(=C(C(=O)OCCOC)C(=O)OCCOC)CC(C)(C)C2)CC(C)(C)CC1=C(C(=O)OCCOC)C(=O)OCCOC. The summed E-state index contributed by atoms with van der Waals surface area (Å²) < 4.78 is 80.9. The van der Waals surface area contributed by atoms with Crippen LogP contribution in [0.1, 0.15) is 80.1 Å². The van der Waals surface area contributed by atoms with Crippen LogP contribution in [0.15, 0.2) is 67.5 Å². The number of nitrogens with zero attached hydrogens (tertiary/aromatic N) is 4. The highest BCUT2D eigenvalue weighted by Crippen LogP contribution is 2.45. The third-order valence-electron chi connectivity index (χ3n) is 14.7. The number of nitriles is 1. The first-order valence-electron chi connectivity index (χ1n) is 31.2. The number of methoxy groups -OCH3 is 6. The quantitative estimate of drug-likeness (QED) is 0.0142. The van der Waals surface area contributed by atoms with Crippen molar-refractivity contribution in [2.45, 2.75) is 80.1 Å². The lowest BCUT2D eigenvalue weighted by atomic mass is 9.72. The zero-order valence-corrected chi connectivity index (χ0v) is 57.1. The number of hydrogen-bond donors (Lipinski definition) is 3. The number of nitrogens with one attached hydrogen (secondary N) is 3. The molecule has 94 heavy (non-hydrogen) atoms. The van der Waals surface area contributed by atoms with Gasteiger partial charge in [-0.3, -0.25) is 4.90 Å². The molecule has 0 fully saturated rings. The van der Waals surface area contributed by atoms with Crippen molar-refractivity contribution in [3.8, 4) is 6.07 Å². The topological polar surface area (TPSA) is 313 Å². The van der Waals surface area contributed by atoms with Gasteiger partial charge in [-0.05, 0) is 71.5 Å². The molecular formula is C66H99N7O21. The maximum absolute atomic E-state index is 13.5. The molecule has 3 aliphatic rings. The minimum Gasteiger partial charge on any atom is -0.459 e. The van der Waals surface area contributed by atoms with Crippen LogP contribution in [0.3, 0.4) is 0 Å². The molecule has 0 bridgehead atoms. The summed E-state index contributed by atoms with van der Waals surface area (Å²) in [7, 11) is 8.70. The summed E-state index contributed by atoms with van der Waals surface area (Å²) in [6.07, 6.45) is 1.99. The molecule has 0 saturated heterocycles. The molecule has 28 heteroatoms. The van der Waals surface area contributed by atoms with Gasteiger partial charge in [-0.2, -0.15) is 5.26 Å². The van der Waals surface area contributed by atoms with Gasteiger partial charge in [-0.15, -0.1) is 0 Å². The van der Waals surface area contributed by atoms with Gasteiger partial charge in [0, 0.05) is 99.0 Å². The predicted molar refractivity (Wildman–Crippen MR) is 340 cm³/mol. The molecule has 3 rings (SSSR count). The van der Waals surface area contributed by atoms with Gasteiger partial charge in [-0.1, -0.05) is 41.5 Å². The fourth-order valence-electron chi connectivity index (χ4n) is 10.4. The molecule has 28 nitrogen and oxygen atoms in total. The van der Waals surface area contributed by atoms with Crippen molar-refractivity contribution < 1.29 is 99.8 Å². The van der Waals surface area contributed by atoms with E-state index in [-0.39, 0.29) is 208 Å². The van der Waals surface area contributed by atoms with Crippen LogP contribution in [-0.4, -0.2) is 242 Å². The number of carbonyl (C=O) groups excluding carboxylic acids is 6. The minimum absolute atomic E-state index is 0.0934. The van der Waals surface area contributed by atoms with Crippen molar-refractivity contribution in [1.82, 2.24) is 20.9 Å². The molecule has 0 atom stereocenters. The van der Waals surface area contributed by atoms with Crippen LogP contribution in [0.5, 0.6) is 0 Å². The highest BCUT2D eigenvalue weighted by atomic mass is 16.6. The Labute approximate surface area is 553 Å². The first-order valence-corrected chi connectivity index (χ1v) is 31.2. The Morgan fingerprint density at radius 3 is 0.915 bits per heavy atom. The summed E-state index contributed by atoms with van der Waals surface area (Å²) in [6, 6.07) is 2.21. The summed E-state index contributed by atoms with van der Waals surface area (Å²) in [4.78, 5) is 90.6. The second kappa shape index (κ2) is 43.7. The smallest absolute Gasteiger partial charge is 0.345 e. The third kappa shape index (κ3) is 28.0. The number of hydrogen-bond acceptors (Lipinski definition) is 26. The number of esters is 6. The zero-order valence-electron chi connectivity index (χ0n) is 57.1. The van der Waals surface area contributed by atoms with E-state index in [9.17, 15) is 34.0 Å². The van der Waals surface area contributed by atoms with Gasteiger partial charge in [0.25, 0.3) is 0 Å². The van der Waals surface area contributed by atoms with Gasteiger partial charge in [0.15, 0.2) is 0 Å². The summed E-state index contributed by atoms with van der Waals surface area (Å²) in [6.45, 7) is 31.8. The van der Waals surface area contributed by atoms with Gasteiger partial charge < -0.3 is 87.0 Å².